The molecular formula is C15H16BrN3O. The number of amides is 1. The molecule has 0 aliphatic rings. The molecule has 4 nitrogen and oxygen atoms in total. The molecule has 0 unspecified atom stereocenters. The van der Waals surface area contributed by atoms with Gasteiger partial charge in [0.1, 0.15) is 0 Å². The molecule has 0 spiro atoms. The Morgan fingerprint density at radius 2 is 1.95 bits per heavy atom. The van der Waals surface area contributed by atoms with Gasteiger partial charge in [0.25, 0.3) is 0 Å². The Balaban J connectivity index is 1.85. The van der Waals surface area contributed by atoms with E-state index in [1.54, 1.807) is 12.4 Å². The first-order chi connectivity index (χ1) is 9.66. The molecule has 0 aliphatic heterocycles. The molecule has 0 saturated carbocycles. The number of aromatic nitrogens is 1. The van der Waals surface area contributed by atoms with Crippen molar-refractivity contribution in [3.63, 3.8) is 0 Å². The minimum atomic E-state index is -0.0715. The lowest BCUT2D eigenvalue weighted by Gasteiger charge is -2.14. The second-order valence-electron chi connectivity index (χ2n) is 4.41. The number of pyridine rings is 1. The van der Waals surface area contributed by atoms with Crippen molar-refractivity contribution < 1.29 is 4.79 Å². The molecule has 5 heteroatoms. The highest BCUT2D eigenvalue weighted by Crippen LogP contribution is 2.20. The molecule has 1 atom stereocenters. The van der Waals surface area contributed by atoms with Crippen molar-refractivity contribution in [1.29, 1.82) is 0 Å². The Morgan fingerprint density at radius 3 is 2.65 bits per heavy atom. The van der Waals surface area contributed by atoms with Crippen LogP contribution in [0.2, 0.25) is 0 Å². The standard InChI is InChI=1S/C15H16BrN3O/c1-11(12-6-8-17-9-7-12)18-10-15(20)19-14-5-3-2-4-13(14)16/h2-9,11,18H,10H2,1H3,(H,19,20)/t11-/m0/s1. The van der Waals surface area contributed by atoms with E-state index in [4.69, 9.17) is 0 Å². The van der Waals surface area contributed by atoms with E-state index < -0.39 is 0 Å². The van der Waals surface area contributed by atoms with E-state index in [2.05, 4.69) is 31.5 Å². The van der Waals surface area contributed by atoms with Gasteiger partial charge in [-0.1, -0.05) is 12.1 Å². The highest BCUT2D eigenvalue weighted by Gasteiger charge is 2.08. The summed E-state index contributed by atoms with van der Waals surface area (Å²) in [5.74, 6) is -0.0715. The second kappa shape index (κ2) is 7.17. The normalized spacial score (nSPS) is 11.9. The van der Waals surface area contributed by atoms with Crippen LogP contribution in [-0.2, 0) is 4.79 Å². The van der Waals surface area contributed by atoms with Gasteiger partial charge in [0.2, 0.25) is 5.91 Å². The third-order valence-electron chi connectivity index (χ3n) is 2.92. The van der Waals surface area contributed by atoms with E-state index in [1.807, 2.05) is 43.3 Å². The summed E-state index contributed by atoms with van der Waals surface area (Å²) in [7, 11) is 0. The molecule has 1 aromatic heterocycles. The molecular weight excluding hydrogens is 318 g/mol. The summed E-state index contributed by atoms with van der Waals surface area (Å²) in [6.45, 7) is 2.27. The summed E-state index contributed by atoms with van der Waals surface area (Å²) in [5, 5.41) is 6.04. The van der Waals surface area contributed by atoms with Gasteiger partial charge in [-0.2, -0.15) is 0 Å². The fourth-order valence-corrected chi connectivity index (χ4v) is 2.16. The fraction of sp³-hybridized carbons (Fsp3) is 0.200. The zero-order chi connectivity index (χ0) is 14.4. The lowest BCUT2D eigenvalue weighted by atomic mass is 10.1. The van der Waals surface area contributed by atoms with Gasteiger partial charge in [-0.15, -0.1) is 0 Å². The first-order valence-corrected chi connectivity index (χ1v) is 7.14. The van der Waals surface area contributed by atoms with Crippen LogP contribution in [-0.4, -0.2) is 17.4 Å². The summed E-state index contributed by atoms with van der Waals surface area (Å²) in [5.41, 5.74) is 1.88. The number of halogens is 1. The van der Waals surface area contributed by atoms with Crippen LogP contribution >= 0.6 is 15.9 Å². The fourth-order valence-electron chi connectivity index (χ4n) is 1.77. The molecule has 0 fully saturated rings. The second-order valence-corrected chi connectivity index (χ2v) is 5.27. The number of nitrogens with zero attached hydrogens (tertiary/aromatic N) is 1. The maximum atomic E-state index is 11.9. The maximum Gasteiger partial charge on any atom is 0.238 e. The third kappa shape index (κ3) is 4.15. The minimum Gasteiger partial charge on any atom is -0.324 e. The third-order valence-corrected chi connectivity index (χ3v) is 3.61. The number of para-hydroxylation sites is 1. The van der Waals surface area contributed by atoms with Crippen LogP contribution in [0.5, 0.6) is 0 Å². The molecule has 2 rings (SSSR count). The largest absolute Gasteiger partial charge is 0.324 e. The highest BCUT2D eigenvalue weighted by molar-refractivity contribution is 9.10. The van der Waals surface area contributed by atoms with E-state index in [0.29, 0.717) is 0 Å². The molecule has 0 saturated heterocycles. The maximum absolute atomic E-state index is 11.9. The summed E-state index contributed by atoms with van der Waals surface area (Å²) in [6, 6.07) is 11.5. The first kappa shape index (κ1) is 14.7. The number of carbonyl (C=O) groups is 1. The monoisotopic (exact) mass is 333 g/mol. The molecule has 2 N–H and O–H groups in total. The van der Waals surface area contributed by atoms with E-state index in [1.165, 1.54) is 0 Å². The van der Waals surface area contributed by atoms with Crippen LogP contribution in [0.15, 0.2) is 53.3 Å². The van der Waals surface area contributed by atoms with Crippen LogP contribution < -0.4 is 10.6 Å². The van der Waals surface area contributed by atoms with Crippen LogP contribution in [0.25, 0.3) is 0 Å². The van der Waals surface area contributed by atoms with Crippen LogP contribution in [0, 0.1) is 0 Å². The number of hydrogen-bond acceptors (Lipinski definition) is 3. The Hall–Kier alpha value is -1.72. The molecule has 104 valence electrons. The van der Waals surface area contributed by atoms with Crippen molar-refractivity contribution in [2.24, 2.45) is 0 Å². The number of carbonyl (C=O) groups excluding carboxylic acids is 1. The molecule has 2 aromatic rings. The summed E-state index contributed by atoms with van der Waals surface area (Å²) >= 11 is 3.40. The zero-order valence-corrected chi connectivity index (χ0v) is 12.7. The van der Waals surface area contributed by atoms with Crippen LogP contribution in [0.4, 0.5) is 5.69 Å². The first-order valence-electron chi connectivity index (χ1n) is 6.34. The van der Waals surface area contributed by atoms with E-state index in [-0.39, 0.29) is 18.5 Å². The van der Waals surface area contributed by atoms with E-state index in [0.717, 1.165) is 15.7 Å². The SMILES string of the molecule is C[C@H](NCC(=O)Nc1ccccc1Br)c1ccncc1. The summed E-state index contributed by atoms with van der Waals surface area (Å²) in [6.07, 6.45) is 3.49. The minimum absolute atomic E-state index is 0.0715. The van der Waals surface area contributed by atoms with Crippen molar-refractivity contribution >= 4 is 27.5 Å². The highest BCUT2D eigenvalue weighted by atomic mass is 79.9. The van der Waals surface area contributed by atoms with Crippen molar-refractivity contribution in [3.8, 4) is 0 Å². The Morgan fingerprint density at radius 1 is 1.25 bits per heavy atom. The molecule has 20 heavy (non-hydrogen) atoms. The van der Waals surface area contributed by atoms with Gasteiger partial charge in [-0.3, -0.25) is 9.78 Å². The van der Waals surface area contributed by atoms with Crippen LogP contribution in [0.3, 0.4) is 0 Å². The summed E-state index contributed by atoms with van der Waals surface area (Å²) in [4.78, 5) is 15.9. The molecule has 1 amide bonds. The van der Waals surface area contributed by atoms with Gasteiger partial charge in [0, 0.05) is 22.9 Å². The average Bonchev–Trinajstić information content (AvgIpc) is 2.48. The van der Waals surface area contributed by atoms with Crippen LogP contribution in [0.1, 0.15) is 18.5 Å². The van der Waals surface area contributed by atoms with Crippen molar-refractivity contribution in [2.75, 3.05) is 11.9 Å². The van der Waals surface area contributed by atoms with E-state index >= 15 is 0 Å². The molecule has 0 aliphatic carbocycles. The lowest BCUT2D eigenvalue weighted by Crippen LogP contribution is -2.30. The predicted molar refractivity (Wildman–Crippen MR) is 83.4 cm³/mol. The van der Waals surface area contributed by atoms with Gasteiger partial charge < -0.3 is 10.6 Å². The number of anilines is 1. The van der Waals surface area contributed by atoms with E-state index in [9.17, 15) is 4.79 Å². The lowest BCUT2D eigenvalue weighted by molar-refractivity contribution is -0.115. The molecule has 0 bridgehead atoms. The Labute approximate surface area is 126 Å². The van der Waals surface area contributed by atoms with Gasteiger partial charge >= 0.3 is 0 Å². The molecule has 0 radical (unpaired) electrons. The predicted octanol–water partition coefficient (Wildman–Crippen LogP) is 3.13. The quantitative estimate of drug-likeness (QED) is 0.883. The topological polar surface area (TPSA) is 54.0 Å². The summed E-state index contributed by atoms with van der Waals surface area (Å²) < 4.78 is 0.871. The molecule has 1 heterocycles. The zero-order valence-electron chi connectivity index (χ0n) is 11.1. The number of nitrogens with one attached hydrogen (secondary N) is 2. The Kier molecular flexibility index (Phi) is 5.26. The van der Waals surface area contributed by atoms with Gasteiger partial charge in [-0.25, -0.2) is 0 Å². The number of benzene rings is 1. The van der Waals surface area contributed by atoms with Crippen molar-refractivity contribution in [3.05, 3.63) is 58.8 Å². The molecule has 1 aromatic carbocycles. The number of hydrogen-bond donors (Lipinski definition) is 2. The Bertz CT molecular complexity index is 574. The van der Waals surface area contributed by atoms with Gasteiger partial charge in [-0.05, 0) is 52.7 Å². The van der Waals surface area contributed by atoms with Gasteiger partial charge in [0.15, 0.2) is 0 Å². The average molecular weight is 334 g/mol. The van der Waals surface area contributed by atoms with Gasteiger partial charge in [0.05, 0.1) is 12.2 Å². The number of rotatable bonds is 5. The van der Waals surface area contributed by atoms with Crippen molar-refractivity contribution in [1.82, 2.24) is 10.3 Å². The van der Waals surface area contributed by atoms with Crippen molar-refractivity contribution in [2.45, 2.75) is 13.0 Å². The smallest absolute Gasteiger partial charge is 0.238 e.